The zero-order valence-corrected chi connectivity index (χ0v) is 40.1. The number of halogens is 1. The SMILES string of the molecule is C=C(COc1c(OC)cc(C(=O)c2cnc(-c3c[nH]c4ccccc34)[nH]2)cc1OC)C(=O)N1CCN(c2nc(OC[C@@H]3CCCN3C)nc3c2CCN(c2cccc4cccc(Cl)c24)C3)C[C@@H]1CC#N. The maximum Gasteiger partial charge on any atom is 0.318 e. The van der Waals surface area contributed by atoms with Crippen molar-refractivity contribution < 1.29 is 28.5 Å². The van der Waals surface area contributed by atoms with Crippen LogP contribution in [0.3, 0.4) is 0 Å². The highest BCUT2D eigenvalue weighted by Gasteiger charge is 2.36. The number of nitriles is 1. The standard InChI is InChI=1S/C53H53ClN10O6/c1-32(30-69-49-45(67-3)24-34(25-46(49)68-4)48(65)42-27-57-50(58-42)39-26-56-41-15-6-5-13-37(39)41)52(66)64-23-22-63(28-35(64)17-19-55)51-38-18-21-62(44-16-8-11-33-10-7-14-40(54)47(33)44)29-43(38)59-53(60-51)70-31-36-12-9-20-61(36)2/h5-8,10-11,13-16,24-27,35-36,56H,1,9,12,17-18,20-23,28-31H2,2-4H3,(H,57,58)/t35-,36-/m0/s1. The number of benzene rings is 4. The van der Waals surface area contributed by atoms with Crippen LogP contribution in [0.1, 0.15) is 46.6 Å². The summed E-state index contributed by atoms with van der Waals surface area (Å²) in [6.45, 7) is 7.78. The molecule has 0 unspecified atom stereocenters. The van der Waals surface area contributed by atoms with E-state index >= 15 is 0 Å². The lowest BCUT2D eigenvalue weighted by Crippen LogP contribution is -2.56. The van der Waals surface area contributed by atoms with Crippen LogP contribution < -0.4 is 28.7 Å². The van der Waals surface area contributed by atoms with Gasteiger partial charge in [0.05, 0.1) is 56.2 Å². The van der Waals surface area contributed by atoms with Crippen LogP contribution in [0.5, 0.6) is 23.3 Å². The molecule has 358 valence electrons. The van der Waals surface area contributed by atoms with Crippen molar-refractivity contribution in [1.29, 1.82) is 5.26 Å². The van der Waals surface area contributed by atoms with Gasteiger partial charge < -0.3 is 48.5 Å². The van der Waals surface area contributed by atoms with Crippen molar-refractivity contribution in [1.82, 2.24) is 34.7 Å². The highest BCUT2D eigenvalue weighted by atomic mass is 35.5. The Bertz CT molecular complexity index is 3150. The van der Waals surface area contributed by atoms with Crippen molar-refractivity contribution in [2.45, 2.75) is 44.3 Å². The van der Waals surface area contributed by atoms with E-state index in [4.69, 9.17) is 40.5 Å². The molecular formula is C53H53ClN10O6. The molecule has 3 aliphatic rings. The first kappa shape index (κ1) is 46.1. The minimum Gasteiger partial charge on any atom is -0.493 e. The Hall–Kier alpha value is -7.61. The number of aromatic amines is 2. The van der Waals surface area contributed by atoms with Gasteiger partial charge in [-0.3, -0.25) is 9.59 Å². The van der Waals surface area contributed by atoms with E-state index in [1.54, 1.807) is 17.0 Å². The number of aromatic nitrogens is 5. The number of ketones is 1. The number of nitrogens with one attached hydrogen (secondary N) is 2. The van der Waals surface area contributed by atoms with E-state index < -0.39 is 6.04 Å². The predicted octanol–water partition coefficient (Wildman–Crippen LogP) is 8.00. The molecule has 1 amide bonds. The maximum absolute atomic E-state index is 14.3. The zero-order chi connectivity index (χ0) is 48.5. The van der Waals surface area contributed by atoms with E-state index in [1.165, 1.54) is 20.4 Å². The molecule has 2 fully saturated rings. The number of carbonyl (C=O) groups excluding carboxylic acids is 2. The smallest absolute Gasteiger partial charge is 0.318 e. The molecule has 0 radical (unpaired) electrons. The van der Waals surface area contributed by atoms with Gasteiger partial charge in [-0.1, -0.05) is 60.6 Å². The van der Waals surface area contributed by atoms with Crippen LogP contribution in [0.2, 0.25) is 5.02 Å². The second-order valence-electron chi connectivity index (χ2n) is 17.9. The van der Waals surface area contributed by atoms with Gasteiger partial charge in [0.25, 0.3) is 5.91 Å². The number of rotatable bonds is 15. The van der Waals surface area contributed by atoms with E-state index in [-0.39, 0.29) is 64.8 Å². The van der Waals surface area contributed by atoms with Crippen LogP contribution in [0.25, 0.3) is 33.1 Å². The van der Waals surface area contributed by atoms with Crippen LogP contribution in [-0.4, -0.2) is 126 Å². The van der Waals surface area contributed by atoms with Crippen molar-refractivity contribution in [2.24, 2.45) is 0 Å². The molecule has 3 aromatic heterocycles. The number of amides is 1. The lowest BCUT2D eigenvalue weighted by molar-refractivity contribution is -0.130. The Balaban J connectivity index is 0.848. The Morgan fingerprint density at radius 1 is 0.943 bits per heavy atom. The van der Waals surface area contributed by atoms with Gasteiger partial charge in [-0.05, 0) is 68.6 Å². The number of anilines is 2. The zero-order valence-electron chi connectivity index (χ0n) is 39.3. The summed E-state index contributed by atoms with van der Waals surface area (Å²) in [6.07, 6.45) is 6.27. The third-order valence-corrected chi connectivity index (χ3v) is 14.0. The van der Waals surface area contributed by atoms with Crippen molar-refractivity contribution in [2.75, 3.05) is 77.0 Å². The quantitative estimate of drug-likeness (QED) is 0.0747. The number of fused-ring (bicyclic) bond motifs is 3. The number of piperazine rings is 1. The van der Waals surface area contributed by atoms with Gasteiger partial charge in [0.1, 0.15) is 30.5 Å². The number of likely N-dealkylation sites (N-methyl/N-ethyl adjacent to an activating group) is 1. The van der Waals surface area contributed by atoms with Crippen LogP contribution in [-0.2, 0) is 17.8 Å². The lowest BCUT2D eigenvalue weighted by Gasteiger charge is -2.42. The summed E-state index contributed by atoms with van der Waals surface area (Å²) >= 11 is 6.80. The Morgan fingerprint density at radius 3 is 2.51 bits per heavy atom. The molecule has 2 atom stereocenters. The van der Waals surface area contributed by atoms with E-state index in [0.717, 1.165) is 69.4 Å². The van der Waals surface area contributed by atoms with E-state index in [9.17, 15) is 14.9 Å². The molecule has 70 heavy (non-hydrogen) atoms. The molecule has 3 aliphatic heterocycles. The molecule has 10 rings (SSSR count). The normalized spacial score (nSPS) is 17.1. The molecule has 2 saturated heterocycles. The fourth-order valence-corrected chi connectivity index (χ4v) is 10.3. The monoisotopic (exact) mass is 960 g/mol. The Labute approximate surface area is 410 Å². The minimum atomic E-state index is -0.476. The van der Waals surface area contributed by atoms with Gasteiger partial charge in [0.15, 0.2) is 11.5 Å². The first-order valence-corrected chi connectivity index (χ1v) is 23.8. The van der Waals surface area contributed by atoms with Gasteiger partial charge in [-0.2, -0.15) is 15.2 Å². The number of hydrogen-bond donors (Lipinski definition) is 2. The third kappa shape index (κ3) is 8.94. The Kier molecular flexibility index (Phi) is 13.0. The number of H-pyrrole nitrogens is 2. The van der Waals surface area contributed by atoms with E-state index in [0.29, 0.717) is 62.6 Å². The molecule has 2 N–H and O–H groups in total. The summed E-state index contributed by atoms with van der Waals surface area (Å²) < 4.78 is 24.0. The molecule has 0 spiro atoms. The molecule has 16 nitrogen and oxygen atoms in total. The Morgan fingerprint density at radius 2 is 1.74 bits per heavy atom. The van der Waals surface area contributed by atoms with Crippen molar-refractivity contribution >= 4 is 56.5 Å². The summed E-state index contributed by atoms with van der Waals surface area (Å²) in [5.41, 5.74) is 5.46. The first-order valence-electron chi connectivity index (χ1n) is 23.4. The number of ether oxygens (including phenoxy) is 4. The number of imidazole rings is 1. The average Bonchev–Trinajstić information content (AvgIpc) is 4.16. The van der Waals surface area contributed by atoms with E-state index in [2.05, 4.69) is 73.6 Å². The van der Waals surface area contributed by atoms with Gasteiger partial charge in [0.2, 0.25) is 11.5 Å². The van der Waals surface area contributed by atoms with Crippen molar-refractivity contribution in [3.8, 4) is 40.7 Å². The highest BCUT2D eigenvalue weighted by molar-refractivity contribution is 6.36. The fraction of sp³-hybridized carbons (Fsp3) is 0.321. The minimum absolute atomic E-state index is 0.0907. The molecule has 4 aromatic carbocycles. The second-order valence-corrected chi connectivity index (χ2v) is 18.3. The number of para-hydroxylation sites is 1. The third-order valence-electron chi connectivity index (χ3n) is 13.7. The topological polar surface area (TPSA) is 178 Å². The summed E-state index contributed by atoms with van der Waals surface area (Å²) in [5.74, 6) is 1.29. The van der Waals surface area contributed by atoms with Crippen LogP contribution in [0, 0.1) is 11.3 Å². The highest BCUT2D eigenvalue weighted by Crippen LogP contribution is 2.41. The van der Waals surface area contributed by atoms with Gasteiger partial charge >= 0.3 is 6.01 Å². The number of methoxy groups -OCH3 is 2. The molecule has 0 bridgehead atoms. The predicted molar refractivity (Wildman–Crippen MR) is 268 cm³/mol. The fourth-order valence-electron chi connectivity index (χ4n) is 9.99. The number of hydrogen-bond acceptors (Lipinski definition) is 13. The van der Waals surface area contributed by atoms with Crippen molar-refractivity contribution in [3.05, 3.63) is 125 Å². The van der Waals surface area contributed by atoms with Crippen molar-refractivity contribution in [3.63, 3.8) is 0 Å². The molecule has 6 heterocycles. The molecule has 0 saturated carbocycles. The largest absolute Gasteiger partial charge is 0.493 e. The van der Waals surface area contributed by atoms with Crippen LogP contribution in [0.15, 0.2) is 97.3 Å². The van der Waals surface area contributed by atoms with Gasteiger partial charge in [0, 0.05) is 82.7 Å². The first-order chi connectivity index (χ1) is 34.1. The summed E-state index contributed by atoms with van der Waals surface area (Å²) in [7, 11) is 5.04. The summed E-state index contributed by atoms with van der Waals surface area (Å²) in [4.78, 5) is 57.6. The molecular weight excluding hydrogens is 908 g/mol. The molecule has 0 aliphatic carbocycles. The van der Waals surface area contributed by atoms with Crippen LogP contribution >= 0.6 is 11.6 Å². The molecule has 17 heteroatoms. The number of carbonyl (C=O) groups is 2. The van der Waals surface area contributed by atoms with E-state index in [1.807, 2.05) is 42.6 Å². The molecule has 7 aromatic rings. The number of likely N-dealkylation sites (tertiary alicyclic amines) is 1. The second kappa shape index (κ2) is 19.8. The van der Waals surface area contributed by atoms with Crippen LogP contribution in [0.4, 0.5) is 11.5 Å². The lowest BCUT2D eigenvalue weighted by atomic mass is 10.0. The summed E-state index contributed by atoms with van der Waals surface area (Å²) in [6, 6.07) is 25.6. The maximum atomic E-state index is 14.3. The number of nitrogens with zero attached hydrogens (tertiary/aromatic N) is 8. The average molecular weight is 962 g/mol. The van der Waals surface area contributed by atoms with Gasteiger partial charge in [-0.25, -0.2) is 4.98 Å². The summed E-state index contributed by atoms with van der Waals surface area (Å²) in [5, 5.41) is 13.8. The van der Waals surface area contributed by atoms with Gasteiger partial charge in [-0.15, -0.1) is 0 Å².